The van der Waals surface area contributed by atoms with Crippen LogP contribution in [0.4, 0.5) is 5.69 Å². The monoisotopic (exact) mass is 252 g/mol. The van der Waals surface area contributed by atoms with Gasteiger partial charge in [0.25, 0.3) is 0 Å². The molecular formula is C17H20N2. The second-order valence-electron chi connectivity index (χ2n) is 4.45. The highest BCUT2D eigenvalue weighted by Gasteiger charge is 2.05. The van der Waals surface area contributed by atoms with E-state index in [1.54, 1.807) is 0 Å². The third-order valence-electron chi connectivity index (χ3n) is 3.13. The number of nitrogens with one attached hydrogen (secondary N) is 1. The summed E-state index contributed by atoms with van der Waals surface area (Å²) in [5.41, 5.74) is 3.58. The maximum Gasteiger partial charge on any atom is 0.0981 e. The summed E-state index contributed by atoms with van der Waals surface area (Å²) in [7, 11) is 2.02. The smallest absolute Gasteiger partial charge is 0.0981 e. The molecule has 0 radical (unpaired) electrons. The zero-order valence-corrected chi connectivity index (χ0v) is 11.6. The quantitative estimate of drug-likeness (QED) is 0.869. The first-order chi connectivity index (χ1) is 9.22. The molecule has 0 spiro atoms. The molecule has 0 aliphatic carbocycles. The van der Waals surface area contributed by atoms with E-state index in [2.05, 4.69) is 72.3 Å². The molecule has 98 valence electrons. The summed E-state index contributed by atoms with van der Waals surface area (Å²) in [6.07, 6.45) is 0. The lowest BCUT2D eigenvalue weighted by Crippen LogP contribution is -2.27. The lowest BCUT2D eigenvalue weighted by molar-refractivity contribution is 0.814. The lowest BCUT2D eigenvalue weighted by Gasteiger charge is -2.23. The summed E-state index contributed by atoms with van der Waals surface area (Å²) < 4.78 is 0. The Morgan fingerprint density at radius 3 is 2.42 bits per heavy atom. The van der Waals surface area contributed by atoms with Crippen LogP contribution in [-0.2, 0) is 0 Å². The summed E-state index contributed by atoms with van der Waals surface area (Å²) in [5.74, 6) is 0.910. The fraction of sp³-hybridized carbons (Fsp3) is 0.176. The number of rotatable bonds is 5. The van der Waals surface area contributed by atoms with Crippen molar-refractivity contribution in [3.05, 3.63) is 67.0 Å². The Morgan fingerprint density at radius 2 is 1.74 bits per heavy atom. The van der Waals surface area contributed by atoms with Crippen LogP contribution in [-0.4, -0.2) is 13.6 Å². The molecule has 0 unspecified atom stereocenters. The van der Waals surface area contributed by atoms with E-state index in [1.807, 2.05) is 13.1 Å². The van der Waals surface area contributed by atoms with Crippen molar-refractivity contribution in [2.45, 2.75) is 6.92 Å². The zero-order chi connectivity index (χ0) is 13.7. The minimum atomic E-state index is 0.877. The predicted octanol–water partition coefficient (Wildman–Crippen LogP) is 3.87. The number of anilines is 1. The van der Waals surface area contributed by atoms with E-state index in [-0.39, 0.29) is 0 Å². The Morgan fingerprint density at radius 1 is 1.05 bits per heavy atom. The number of benzene rings is 2. The Hall–Kier alpha value is -2.22. The molecule has 2 rings (SSSR count). The molecule has 0 aromatic heterocycles. The van der Waals surface area contributed by atoms with Gasteiger partial charge < -0.3 is 10.2 Å². The van der Waals surface area contributed by atoms with Crippen LogP contribution < -0.4 is 10.2 Å². The van der Waals surface area contributed by atoms with Crippen LogP contribution in [0.5, 0.6) is 0 Å². The molecule has 0 aliphatic rings. The van der Waals surface area contributed by atoms with Crippen molar-refractivity contribution in [2.24, 2.45) is 0 Å². The van der Waals surface area contributed by atoms with Crippen LogP contribution >= 0.6 is 0 Å². The molecule has 1 N–H and O–H groups in total. The zero-order valence-electron chi connectivity index (χ0n) is 11.6. The van der Waals surface area contributed by atoms with Crippen LogP contribution in [0.15, 0.2) is 67.0 Å². The standard InChI is InChI=1S/C17H20N2/c1-4-18-14(2)19(3)17-12-8-11-16(13-17)15-9-6-5-7-10-15/h5-13,18H,2,4H2,1,3H3. The maximum absolute atomic E-state index is 4.04. The van der Waals surface area contributed by atoms with Gasteiger partial charge in [-0.3, -0.25) is 0 Å². The molecule has 2 aromatic rings. The van der Waals surface area contributed by atoms with Gasteiger partial charge in [-0.05, 0) is 30.2 Å². The van der Waals surface area contributed by atoms with Gasteiger partial charge in [0, 0.05) is 19.3 Å². The molecule has 2 heteroatoms. The average Bonchev–Trinajstić information content (AvgIpc) is 2.48. The van der Waals surface area contributed by atoms with E-state index < -0.39 is 0 Å². The highest BCUT2D eigenvalue weighted by Crippen LogP contribution is 2.24. The van der Waals surface area contributed by atoms with Gasteiger partial charge in [-0.2, -0.15) is 0 Å². The minimum Gasteiger partial charge on any atom is -0.372 e. The molecule has 2 aromatic carbocycles. The lowest BCUT2D eigenvalue weighted by atomic mass is 10.1. The van der Waals surface area contributed by atoms with E-state index in [4.69, 9.17) is 0 Å². The molecular weight excluding hydrogens is 232 g/mol. The van der Waals surface area contributed by atoms with Crippen molar-refractivity contribution < 1.29 is 0 Å². The summed E-state index contributed by atoms with van der Waals surface area (Å²) in [4.78, 5) is 2.07. The first-order valence-corrected chi connectivity index (χ1v) is 6.54. The highest BCUT2D eigenvalue weighted by atomic mass is 15.2. The Kier molecular flexibility index (Phi) is 4.24. The predicted molar refractivity (Wildman–Crippen MR) is 83.1 cm³/mol. The van der Waals surface area contributed by atoms with Gasteiger partial charge in [0.1, 0.15) is 0 Å². The molecule has 0 bridgehead atoms. The van der Waals surface area contributed by atoms with Crippen LogP contribution in [0, 0.1) is 0 Å². The second-order valence-corrected chi connectivity index (χ2v) is 4.45. The fourth-order valence-corrected chi connectivity index (χ4v) is 2.00. The van der Waals surface area contributed by atoms with E-state index in [0.29, 0.717) is 0 Å². The number of hydrogen-bond acceptors (Lipinski definition) is 2. The van der Waals surface area contributed by atoms with Crippen LogP contribution in [0.2, 0.25) is 0 Å². The third kappa shape index (κ3) is 3.16. The second kappa shape index (κ2) is 6.10. The van der Waals surface area contributed by atoms with Gasteiger partial charge in [0.15, 0.2) is 0 Å². The van der Waals surface area contributed by atoms with Gasteiger partial charge >= 0.3 is 0 Å². The first-order valence-electron chi connectivity index (χ1n) is 6.54. The van der Waals surface area contributed by atoms with Crippen molar-refractivity contribution in [2.75, 3.05) is 18.5 Å². The number of nitrogens with zero attached hydrogens (tertiary/aromatic N) is 1. The topological polar surface area (TPSA) is 15.3 Å². The molecule has 0 aliphatic heterocycles. The molecule has 0 fully saturated rings. The summed E-state index contributed by atoms with van der Waals surface area (Å²) in [6, 6.07) is 18.9. The van der Waals surface area contributed by atoms with Crippen molar-refractivity contribution >= 4 is 5.69 Å². The average molecular weight is 252 g/mol. The van der Waals surface area contributed by atoms with Gasteiger partial charge in [-0.15, -0.1) is 0 Å². The number of hydrogen-bond donors (Lipinski definition) is 1. The maximum atomic E-state index is 4.04. The van der Waals surface area contributed by atoms with E-state index in [9.17, 15) is 0 Å². The molecule has 0 saturated heterocycles. The van der Waals surface area contributed by atoms with E-state index in [1.165, 1.54) is 11.1 Å². The molecule has 0 heterocycles. The molecule has 19 heavy (non-hydrogen) atoms. The largest absolute Gasteiger partial charge is 0.372 e. The van der Waals surface area contributed by atoms with Crippen LogP contribution in [0.3, 0.4) is 0 Å². The molecule has 2 nitrogen and oxygen atoms in total. The Bertz CT molecular complexity index is 546. The minimum absolute atomic E-state index is 0.877. The molecule has 0 atom stereocenters. The van der Waals surface area contributed by atoms with Crippen molar-refractivity contribution in [3.8, 4) is 11.1 Å². The third-order valence-corrected chi connectivity index (χ3v) is 3.13. The SMILES string of the molecule is C=C(NCC)N(C)c1cccc(-c2ccccc2)c1. The van der Waals surface area contributed by atoms with Crippen LogP contribution in [0.25, 0.3) is 11.1 Å². The normalized spacial score (nSPS) is 10.0. The first kappa shape index (κ1) is 13.2. The van der Waals surface area contributed by atoms with Crippen molar-refractivity contribution in [1.29, 1.82) is 0 Å². The van der Waals surface area contributed by atoms with E-state index in [0.717, 1.165) is 18.1 Å². The van der Waals surface area contributed by atoms with Gasteiger partial charge in [0.2, 0.25) is 0 Å². The van der Waals surface area contributed by atoms with Gasteiger partial charge in [-0.25, -0.2) is 0 Å². The summed E-state index contributed by atoms with van der Waals surface area (Å²) in [6.45, 7) is 6.98. The molecule has 0 amide bonds. The highest BCUT2D eigenvalue weighted by molar-refractivity contribution is 5.69. The molecule has 0 saturated carbocycles. The summed E-state index contributed by atoms with van der Waals surface area (Å²) >= 11 is 0. The van der Waals surface area contributed by atoms with Crippen molar-refractivity contribution in [3.63, 3.8) is 0 Å². The Balaban J connectivity index is 2.27. The van der Waals surface area contributed by atoms with Gasteiger partial charge in [-0.1, -0.05) is 49.0 Å². The Labute approximate surface area is 115 Å². The summed E-state index contributed by atoms with van der Waals surface area (Å²) in [5, 5.41) is 3.23. The van der Waals surface area contributed by atoms with Crippen molar-refractivity contribution in [1.82, 2.24) is 5.32 Å². The van der Waals surface area contributed by atoms with Crippen LogP contribution in [0.1, 0.15) is 6.92 Å². The van der Waals surface area contributed by atoms with Gasteiger partial charge in [0.05, 0.1) is 5.82 Å². The fourth-order valence-electron chi connectivity index (χ4n) is 2.00. The van der Waals surface area contributed by atoms with E-state index >= 15 is 0 Å².